The van der Waals surface area contributed by atoms with E-state index in [1.165, 1.54) is 0 Å². The van der Waals surface area contributed by atoms with Crippen molar-refractivity contribution in [1.29, 1.82) is 0 Å². The summed E-state index contributed by atoms with van der Waals surface area (Å²) >= 11 is 0. The minimum atomic E-state index is -0.363. The summed E-state index contributed by atoms with van der Waals surface area (Å²) in [7, 11) is 0. The second kappa shape index (κ2) is 8.25. The number of nitrogens with zero attached hydrogens (tertiary/aromatic N) is 1. The van der Waals surface area contributed by atoms with E-state index >= 15 is 0 Å². The van der Waals surface area contributed by atoms with E-state index in [-0.39, 0.29) is 23.9 Å². The Labute approximate surface area is 122 Å². The van der Waals surface area contributed by atoms with E-state index in [1.54, 1.807) is 4.90 Å². The number of nitrogens with one attached hydrogen (secondary N) is 1. The van der Waals surface area contributed by atoms with Gasteiger partial charge in [0.05, 0.1) is 6.61 Å². The molecule has 2 atom stereocenters. The van der Waals surface area contributed by atoms with Gasteiger partial charge in [-0.1, -0.05) is 27.2 Å². The summed E-state index contributed by atoms with van der Waals surface area (Å²) in [6.07, 6.45) is 2.28. The Morgan fingerprint density at radius 3 is 2.55 bits per heavy atom. The number of hydrogen-bond donors (Lipinski definition) is 1. The average molecular weight is 284 g/mol. The summed E-state index contributed by atoms with van der Waals surface area (Å²) in [5.74, 6) is 0.390. The van der Waals surface area contributed by atoms with Crippen LogP contribution in [0.15, 0.2) is 0 Å². The zero-order valence-electron chi connectivity index (χ0n) is 13.1. The Morgan fingerprint density at radius 1 is 1.30 bits per heavy atom. The van der Waals surface area contributed by atoms with E-state index in [4.69, 9.17) is 4.74 Å². The molecule has 1 saturated heterocycles. The van der Waals surface area contributed by atoms with Gasteiger partial charge in [0.25, 0.3) is 0 Å². The van der Waals surface area contributed by atoms with Crippen LogP contribution in [0.3, 0.4) is 0 Å². The van der Waals surface area contributed by atoms with Gasteiger partial charge in [-0.25, -0.2) is 0 Å². The molecule has 1 heterocycles. The maximum absolute atomic E-state index is 12.5. The van der Waals surface area contributed by atoms with E-state index in [0.717, 1.165) is 6.42 Å². The predicted octanol–water partition coefficient (Wildman–Crippen LogP) is 1.56. The highest BCUT2D eigenvalue weighted by Crippen LogP contribution is 2.19. The molecular formula is C15H28N2O3. The molecule has 0 radical (unpaired) electrons. The third-order valence-electron chi connectivity index (χ3n) is 3.53. The summed E-state index contributed by atoms with van der Waals surface area (Å²) in [6.45, 7) is 9.69. The van der Waals surface area contributed by atoms with Gasteiger partial charge in [-0.2, -0.15) is 0 Å². The number of rotatable bonds is 8. The molecule has 1 aliphatic rings. The van der Waals surface area contributed by atoms with Crippen LogP contribution < -0.4 is 5.32 Å². The molecule has 1 fully saturated rings. The monoisotopic (exact) mass is 284 g/mol. The van der Waals surface area contributed by atoms with Gasteiger partial charge >= 0.3 is 0 Å². The van der Waals surface area contributed by atoms with Crippen molar-refractivity contribution in [2.45, 2.75) is 59.0 Å². The highest BCUT2D eigenvalue weighted by Gasteiger charge is 2.39. The van der Waals surface area contributed by atoms with E-state index < -0.39 is 0 Å². The molecule has 0 bridgehead atoms. The lowest BCUT2D eigenvalue weighted by Gasteiger charge is -2.39. The molecule has 1 rings (SSSR count). The molecule has 0 aliphatic carbocycles. The van der Waals surface area contributed by atoms with Gasteiger partial charge in [0, 0.05) is 13.2 Å². The summed E-state index contributed by atoms with van der Waals surface area (Å²) in [6, 6.07) is -0.714. The smallest absolute Gasteiger partial charge is 0.245 e. The molecule has 2 unspecified atom stereocenters. The molecule has 1 aliphatic heterocycles. The molecule has 5 nitrogen and oxygen atoms in total. The van der Waals surface area contributed by atoms with Crippen molar-refractivity contribution >= 4 is 11.8 Å². The van der Waals surface area contributed by atoms with E-state index in [1.807, 2.05) is 13.8 Å². The Morgan fingerprint density at radius 2 is 2.00 bits per heavy atom. The lowest BCUT2D eigenvalue weighted by Crippen LogP contribution is -2.64. The van der Waals surface area contributed by atoms with Crippen LogP contribution in [0, 0.1) is 5.92 Å². The topological polar surface area (TPSA) is 58.6 Å². The molecule has 0 aromatic heterocycles. The van der Waals surface area contributed by atoms with Crippen molar-refractivity contribution in [2.24, 2.45) is 5.92 Å². The zero-order chi connectivity index (χ0) is 15.1. The lowest BCUT2D eigenvalue weighted by atomic mass is 9.96. The van der Waals surface area contributed by atoms with Crippen LogP contribution >= 0.6 is 0 Å². The van der Waals surface area contributed by atoms with Crippen molar-refractivity contribution in [3.63, 3.8) is 0 Å². The van der Waals surface area contributed by atoms with Crippen LogP contribution in [0.25, 0.3) is 0 Å². The van der Waals surface area contributed by atoms with Crippen molar-refractivity contribution in [1.82, 2.24) is 10.2 Å². The highest BCUT2D eigenvalue weighted by molar-refractivity contribution is 5.96. The number of piperazine rings is 1. The molecule has 0 spiro atoms. The third-order valence-corrected chi connectivity index (χ3v) is 3.53. The Balaban J connectivity index is 2.79. The average Bonchev–Trinajstić information content (AvgIpc) is 2.38. The summed E-state index contributed by atoms with van der Waals surface area (Å²) < 4.78 is 5.34. The van der Waals surface area contributed by atoms with E-state index in [2.05, 4.69) is 19.2 Å². The van der Waals surface area contributed by atoms with Crippen LogP contribution in [0.2, 0.25) is 0 Å². The van der Waals surface area contributed by atoms with Gasteiger partial charge in [-0.05, 0) is 25.7 Å². The van der Waals surface area contributed by atoms with E-state index in [0.29, 0.717) is 38.5 Å². The van der Waals surface area contributed by atoms with Crippen molar-refractivity contribution in [2.75, 3.05) is 19.8 Å². The Bertz CT molecular complexity index is 331. The predicted molar refractivity (Wildman–Crippen MR) is 78.3 cm³/mol. The fourth-order valence-electron chi connectivity index (χ4n) is 2.56. The second-order valence-corrected chi connectivity index (χ2v) is 5.72. The molecule has 0 aromatic rings. The molecule has 1 N–H and O–H groups in total. The number of amides is 2. The first-order valence-corrected chi connectivity index (χ1v) is 7.69. The lowest BCUT2D eigenvalue weighted by molar-refractivity contribution is -0.151. The zero-order valence-corrected chi connectivity index (χ0v) is 13.1. The van der Waals surface area contributed by atoms with Gasteiger partial charge < -0.3 is 15.0 Å². The van der Waals surface area contributed by atoms with Crippen LogP contribution in [-0.2, 0) is 14.3 Å². The fraction of sp³-hybridized carbons (Fsp3) is 0.867. The summed E-state index contributed by atoms with van der Waals surface area (Å²) in [5, 5.41) is 2.87. The SMILES string of the molecule is CCCC1NC(=O)C(CC(C)C)N(CCOCC)C1=O. The van der Waals surface area contributed by atoms with Gasteiger partial charge in [0.15, 0.2) is 0 Å². The second-order valence-electron chi connectivity index (χ2n) is 5.72. The Hall–Kier alpha value is -1.10. The van der Waals surface area contributed by atoms with Crippen molar-refractivity contribution in [3.05, 3.63) is 0 Å². The molecule has 0 saturated carbocycles. The number of carbonyl (C=O) groups is 2. The highest BCUT2D eigenvalue weighted by atomic mass is 16.5. The first-order valence-electron chi connectivity index (χ1n) is 7.69. The van der Waals surface area contributed by atoms with Gasteiger partial charge in [0.2, 0.25) is 11.8 Å². The van der Waals surface area contributed by atoms with Crippen LogP contribution in [0.4, 0.5) is 0 Å². The number of hydrogen-bond acceptors (Lipinski definition) is 3. The molecule has 116 valence electrons. The maximum Gasteiger partial charge on any atom is 0.245 e. The first-order chi connectivity index (χ1) is 9.51. The fourth-order valence-corrected chi connectivity index (χ4v) is 2.56. The third kappa shape index (κ3) is 4.47. The Kier molecular flexibility index (Phi) is 6.99. The van der Waals surface area contributed by atoms with Gasteiger partial charge in [-0.15, -0.1) is 0 Å². The molecule has 0 aromatic carbocycles. The maximum atomic E-state index is 12.5. The standard InChI is InChI=1S/C15H28N2O3/c1-5-7-12-15(19)17(8-9-20-6-2)13(10-11(3)4)14(18)16-12/h11-13H,5-10H2,1-4H3,(H,16,18). The minimum absolute atomic E-state index is 0.0201. The van der Waals surface area contributed by atoms with E-state index in [9.17, 15) is 9.59 Å². The van der Waals surface area contributed by atoms with Gasteiger partial charge in [0.1, 0.15) is 12.1 Å². The minimum Gasteiger partial charge on any atom is -0.380 e. The number of carbonyl (C=O) groups excluding carboxylic acids is 2. The summed E-state index contributed by atoms with van der Waals surface area (Å²) in [5.41, 5.74) is 0. The molecule has 20 heavy (non-hydrogen) atoms. The van der Waals surface area contributed by atoms with Crippen LogP contribution in [-0.4, -0.2) is 48.6 Å². The molecule has 5 heteroatoms. The van der Waals surface area contributed by atoms with Crippen LogP contribution in [0.1, 0.15) is 47.0 Å². The largest absolute Gasteiger partial charge is 0.380 e. The molecular weight excluding hydrogens is 256 g/mol. The quantitative estimate of drug-likeness (QED) is 0.688. The van der Waals surface area contributed by atoms with Crippen molar-refractivity contribution in [3.8, 4) is 0 Å². The van der Waals surface area contributed by atoms with Crippen molar-refractivity contribution < 1.29 is 14.3 Å². The summed E-state index contributed by atoms with van der Waals surface area (Å²) in [4.78, 5) is 26.5. The number of ether oxygens (including phenoxy) is 1. The van der Waals surface area contributed by atoms with Crippen LogP contribution in [0.5, 0.6) is 0 Å². The molecule has 2 amide bonds. The van der Waals surface area contributed by atoms with Gasteiger partial charge in [-0.3, -0.25) is 9.59 Å². The first kappa shape index (κ1) is 17.0. The normalized spacial score (nSPS) is 23.4.